The van der Waals surface area contributed by atoms with Crippen molar-refractivity contribution in [2.75, 3.05) is 57.3 Å². The second-order valence-corrected chi connectivity index (χ2v) is 9.31. The Kier molecular flexibility index (Phi) is 9.00. The smallest absolute Gasteiger partial charge is 0.409 e. The van der Waals surface area contributed by atoms with Crippen LogP contribution in [-0.4, -0.2) is 91.4 Å². The summed E-state index contributed by atoms with van der Waals surface area (Å²) in [5.74, 6) is 0.804. The molecule has 0 spiro atoms. The second-order valence-electron chi connectivity index (χ2n) is 9.31. The monoisotopic (exact) mass is 495 g/mol. The Balaban J connectivity index is 1.19. The first-order valence-electron chi connectivity index (χ1n) is 12.9. The number of hydrogen-bond acceptors (Lipinski definition) is 7. The average molecular weight is 496 g/mol. The number of piperidine rings is 1. The Morgan fingerprint density at radius 1 is 1.03 bits per heavy atom. The highest BCUT2D eigenvalue weighted by Gasteiger charge is 2.26. The Morgan fingerprint density at radius 3 is 2.36 bits per heavy atom. The minimum absolute atomic E-state index is 0.00981. The zero-order valence-electron chi connectivity index (χ0n) is 21.3. The van der Waals surface area contributed by atoms with Crippen LogP contribution >= 0.6 is 0 Å². The van der Waals surface area contributed by atoms with Crippen LogP contribution in [0.15, 0.2) is 48.8 Å². The molecule has 0 saturated carbocycles. The zero-order chi connectivity index (χ0) is 25.3. The molecule has 1 N–H and O–H groups in total. The number of carbonyl (C=O) groups excluding carboxylic acids is 2. The van der Waals surface area contributed by atoms with Gasteiger partial charge in [0.2, 0.25) is 0 Å². The third-order valence-corrected chi connectivity index (χ3v) is 6.73. The molecule has 2 aromatic rings. The van der Waals surface area contributed by atoms with Crippen molar-refractivity contribution in [3.63, 3.8) is 0 Å². The highest BCUT2D eigenvalue weighted by Crippen LogP contribution is 2.22. The van der Waals surface area contributed by atoms with E-state index in [-0.39, 0.29) is 18.1 Å². The number of aromatic nitrogens is 1. The van der Waals surface area contributed by atoms with Gasteiger partial charge in [-0.1, -0.05) is 0 Å². The summed E-state index contributed by atoms with van der Waals surface area (Å²) in [5.41, 5.74) is 1.83. The van der Waals surface area contributed by atoms with E-state index in [4.69, 9.17) is 9.47 Å². The molecular formula is C27H37N5O4. The zero-order valence-corrected chi connectivity index (χ0v) is 21.3. The number of nitrogens with zero attached hydrogens (tertiary/aromatic N) is 4. The summed E-state index contributed by atoms with van der Waals surface area (Å²) in [6.07, 6.45) is 5.37. The number of hydrogen-bond donors (Lipinski definition) is 1. The molecule has 1 aromatic carbocycles. The lowest BCUT2D eigenvalue weighted by Gasteiger charge is -2.35. The van der Waals surface area contributed by atoms with Gasteiger partial charge < -0.3 is 29.5 Å². The molecule has 3 heterocycles. The van der Waals surface area contributed by atoms with E-state index in [1.165, 1.54) is 0 Å². The van der Waals surface area contributed by atoms with Crippen molar-refractivity contribution in [3.05, 3.63) is 54.4 Å². The molecule has 1 atom stereocenters. The summed E-state index contributed by atoms with van der Waals surface area (Å²) < 4.78 is 11.0. The van der Waals surface area contributed by atoms with Gasteiger partial charge in [-0.2, -0.15) is 0 Å². The molecule has 9 nitrogen and oxygen atoms in total. The molecule has 0 unspecified atom stereocenters. The fraction of sp³-hybridized carbons (Fsp3) is 0.519. The lowest BCUT2D eigenvalue weighted by Crippen LogP contribution is -2.50. The molecule has 36 heavy (non-hydrogen) atoms. The van der Waals surface area contributed by atoms with Gasteiger partial charge in [-0.25, -0.2) is 4.79 Å². The minimum Gasteiger partial charge on any atom is -0.488 e. The Hall–Kier alpha value is -3.33. The quantitative estimate of drug-likeness (QED) is 0.602. The molecule has 1 aromatic heterocycles. The van der Waals surface area contributed by atoms with Gasteiger partial charge in [-0.05, 0) is 63.1 Å². The fourth-order valence-electron chi connectivity index (χ4n) is 4.67. The van der Waals surface area contributed by atoms with Crippen molar-refractivity contribution >= 4 is 17.7 Å². The van der Waals surface area contributed by atoms with Crippen LogP contribution in [-0.2, 0) is 4.74 Å². The first kappa shape index (κ1) is 25.8. The second kappa shape index (κ2) is 12.6. The van der Waals surface area contributed by atoms with Crippen molar-refractivity contribution in [2.45, 2.75) is 38.8 Å². The predicted molar refractivity (Wildman–Crippen MR) is 139 cm³/mol. The van der Waals surface area contributed by atoms with E-state index in [0.717, 1.165) is 43.9 Å². The van der Waals surface area contributed by atoms with Gasteiger partial charge >= 0.3 is 6.09 Å². The van der Waals surface area contributed by atoms with E-state index >= 15 is 0 Å². The van der Waals surface area contributed by atoms with Crippen LogP contribution in [0.1, 0.15) is 37.0 Å². The summed E-state index contributed by atoms with van der Waals surface area (Å²) in [5, 5.41) is 3.64. The number of carbonyl (C=O) groups is 2. The van der Waals surface area contributed by atoms with Crippen LogP contribution in [0.4, 0.5) is 10.5 Å². The first-order valence-corrected chi connectivity index (χ1v) is 12.9. The SMILES string of the molecule is CCOC(=O)N1CCN(C(=O)c2ccc(N3CCC(NC[C@H](C)Oc4cccnc4)CC3)cc2)CC1. The highest BCUT2D eigenvalue weighted by molar-refractivity contribution is 5.94. The largest absolute Gasteiger partial charge is 0.488 e. The van der Waals surface area contributed by atoms with Gasteiger partial charge in [0, 0.05) is 69.3 Å². The standard InChI is InChI=1S/C27H37N5O4/c1-3-35-27(34)32-17-15-31(16-18-32)26(33)22-6-8-24(9-7-22)30-13-10-23(11-14-30)29-19-21(2)36-25-5-4-12-28-20-25/h4-9,12,20-21,23,29H,3,10-11,13-19H2,1-2H3/t21-/m0/s1. The Bertz CT molecular complexity index is 971. The number of rotatable bonds is 8. The third kappa shape index (κ3) is 6.87. The van der Waals surface area contributed by atoms with E-state index in [1.807, 2.05) is 36.4 Å². The third-order valence-electron chi connectivity index (χ3n) is 6.73. The Labute approximate surface area is 213 Å². The highest BCUT2D eigenvalue weighted by atomic mass is 16.6. The van der Waals surface area contributed by atoms with E-state index in [2.05, 4.69) is 22.1 Å². The van der Waals surface area contributed by atoms with Crippen molar-refractivity contribution in [2.24, 2.45) is 0 Å². The maximum absolute atomic E-state index is 12.9. The molecule has 0 bridgehead atoms. The number of benzene rings is 1. The van der Waals surface area contributed by atoms with Gasteiger partial charge in [0.05, 0.1) is 12.8 Å². The summed E-state index contributed by atoms with van der Waals surface area (Å²) in [6.45, 7) is 9.00. The topological polar surface area (TPSA) is 87.2 Å². The maximum Gasteiger partial charge on any atom is 0.409 e. The number of anilines is 1. The van der Waals surface area contributed by atoms with Crippen LogP contribution in [0.5, 0.6) is 5.75 Å². The normalized spacial score (nSPS) is 17.6. The molecular weight excluding hydrogens is 458 g/mol. The van der Waals surface area contributed by atoms with E-state index in [9.17, 15) is 9.59 Å². The van der Waals surface area contributed by atoms with Crippen molar-refractivity contribution < 1.29 is 19.1 Å². The van der Waals surface area contributed by atoms with Gasteiger partial charge in [0.1, 0.15) is 11.9 Å². The van der Waals surface area contributed by atoms with Crippen molar-refractivity contribution in [1.29, 1.82) is 0 Å². The minimum atomic E-state index is -0.305. The van der Waals surface area contributed by atoms with E-state index in [0.29, 0.717) is 44.4 Å². The lowest BCUT2D eigenvalue weighted by atomic mass is 10.0. The van der Waals surface area contributed by atoms with Crippen molar-refractivity contribution in [1.82, 2.24) is 20.1 Å². The van der Waals surface area contributed by atoms with Gasteiger partial charge in [-0.15, -0.1) is 0 Å². The summed E-state index contributed by atoms with van der Waals surface area (Å²) in [7, 11) is 0. The van der Waals surface area contributed by atoms with Gasteiger partial charge in [-0.3, -0.25) is 9.78 Å². The van der Waals surface area contributed by atoms with Crippen LogP contribution in [0.25, 0.3) is 0 Å². The maximum atomic E-state index is 12.9. The summed E-state index contributed by atoms with van der Waals surface area (Å²) in [6, 6.07) is 12.2. The van der Waals surface area contributed by atoms with Crippen LogP contribution in [0.2, 0.25) is 0 Å². The number of amides is 2. The number of piperazine rings is 1. The van der Waals surface area contributed by atoms with Gasteiger partial charge in [0.15, 0.2) is 0 Å². The molecule has 194 valence electrons. The molecule has 2 saturated heterocycles. The molecule has 0 radical (unpaired) electrons. The van der Waals surface area contributed by atoms with E-state index in [1.54, 1.807) is 29.1 Å². The Morgan fingerprint density at radius 2 is 1.72 bits per heavy atom. The molecule has 9 heteroatoms. The predicted octanol–water partition coefficient (Wildman–Crippen LogP) is 3.02. The molecule has 2 fully saturated rings. The van der Waals surface area contributed by atoms with Crippen LogP contribution in [0.3, 0.4) is 0 Å². The van der Waals surface area contributed by atoms with Gasteiger partial charge in [0.25, 0.3) is 5.91 Å². The number of nitrogens with one attached hydrogen (secondary N) is 1. The molecule has 2 aliphatic heterocycles. The molecule has 0 aliphatic carbocycles. The fourth-order valence-corrected chi connectivity index (χ4v) is 4.67. The first-order chi connectivity index (χ1) is 17.5. The molecule has 2 aliphatic rings. The van der Waals surface area contributed by atoms with Crippen molar-refractivity contribution in [3.8, 4) is 5.75 Å². The number of ether oxygens (including phenoxy) is 2. The molecule has 2 amide bonds. The lowest BCUT2D eigenvalue weighted by molar-refractivity contribution is 0.0570. The summed E-state index contributed by atoms with van der Waals surface area (Å²) in [4.78, 5) is 34.7. The van der Waals surface area contributed by atoms with E-state index < -0.39 is 0 Å². The number of pyridine rings is 1. The average Bonchev–Trinajstić information content (AvgIpc) is 2.93. The van der Waals surface area contributed by atoms with Crippen LogP contribution < -0.4 is 15.0 Å². The molecule has 4 rings (SSSR count). The van der Waals surface area contributed by atoms with Crippen LogP contribution in [0, 0.1) is 0 Å². The summed E-state index contributed by atoms with van der Waals surface area (Å²) >= 11 is 0.